The quantitative estimate of drug-likeness (QED) is 0.737. The maximum absolute atomic E-state index is 13.2. The first-order valence-corrected chi connectivity index (χ1v) is 11.0. The Labute approximate surface area is 190 Å². The number of hydrogen-bond donors (Lipinski definition) is 2. The first-order valence-electron chi connectivity index (χ1n) is 11.0. The number of nitrogens with zero attached hydrogens (tertiary/aromatic N) is 2. The molecule has 0 fully saturated rings. The second-order valence-electron chi connectivity index (χ2n) is 8.37. The van der Waals surface area contributed by atoms with Gasteiger partial charge in [0.2, 0.25) is 5.91 Å². The van der Waals surface area contributed by atoms with E-state index >= 15 is 0 Å². The highest BCUT2D eigenvalue weighted by Gasteiger charge is 2.30. The zero-order valence-corrected chi connectivity index (χ0v) is 19.9. The standard InChI is InChI=1S/C23H36N4O5/c1-7-10-24-23(30)27-12-15(2)21(31-6)13-26(5)22(29)19-9-8-18(25-17(4)28)11-20(19)32-14-16(27)3/h8-9,11,15-16,21H,7,10,12-14H2,1-6H3,(H,24,30)(H,25,28)/t15-,16-,21-/m1/s1. The predicted octanol–water partition coefficient (Wildman–Crippen LogP) is 2.57. The second kappa shape index (κ2) is 11.7. The van der Waals surface area contributed by atoms with Gasteiger partial charge in [0.1, 0.15) is 12.4 Å². The van der Waals surface area contributed by atoms with Crippen LogP contribution < -0.4 is 15.4 Å². The van der Waals surface area contributed by atoms with Crippen molar-refractivity contribution in [3.63, 3.8) is 0 Å². The summed E-state index contributed by atoms with van der Waals surface area (Å²) in [6.07, 6.45) is 0.590. The van der Waals surface area contributed by atoms with Gasteiger partial charge in [-0.15, -0.1) is 0 Å². The molecule has 1 heterocycles. The number of amides is 4. The number of hydrogen-bond acceptors (Lipinski definition) is 5. The van der Waals surface area contributed by atoms with Crippen molar-refractivity contribution in [3.05, 3.63) is 23.8 Å². The van der Waals surface area contributed by atoms with Crippen LogP contribution >= 0.6 is 0 Å². The van der Waals surface area contributed by atoms with Crippen LogP contribution in [0.5, 0.6) is 5.75 Å². The molecule has 0 unspecified atom stereocenters. The lowest BCUT2D eigenvalue weighted by Crippen LogP contribution is -2.51. The minimum absolute atomic E-state index is 0.00823. The van der Waals surface area contributed by atoms with Gasteiger partial charge >= 0.3 is 6.03 Å². The van der Waals surface area contributed by atoms with Crippen molar-refractivity contribution in [1.29, 1.82) is 0 Å². The molecule has 0 bridgehead atoms. The molecule has 1 aromatic carbocycles. The highest BCUT2D eigenvalue weighted by Crippen LogP contribution is 2.26. The molecule has 0 radical (unpaired) electrons. The van der Waals surface area contributed by atoms with E-state index in [1.165, 1.54) is 6.92 Å². The van der Waals surface area contributed by atoms with Crippen molar-refractivity contribution in [2.24, 2.45) is 5.92 Å². The van der Waals surface area contributed by atoms with E-state index in [-0.39, 0.29) is 42.5 Å². The largest absolute Gasteiger partial charge is 0.491 e. The van der Waals surface area contributed by atoms with Gasteiger partial charge in [-0.05, 0) is 25.5 Å². The van der Waals surface area contributed by atoms with E-state index in [1.807, 2.05) is 20.8 Å². The number of ether oxygens (including phenoxy) is 2. The van der Waals surface area contributed by atoms with Gasteiger partial charge in [-0.2, -0.15) is 0 Å². The van der Waals surface area contributed by atoms with Gasteiger partial charge in [-0.25, -0.2) is 4.79 Å². The Bertz CT molecular complexity index is 816. The predicted molar refractivity (Wildman–Crippen MR) is 123 cm³/mol. The number of urea groups is 1. The molecule has 0 saturated heterocycles. The normalized spacial score (nSPS) is 22.2. The van der Waals surface area contributed by atoms with Crippen molar-refractivity contribution >= 4 is 23.5 Å². The van der Waals surface area contributed by atoms with Gasteiger partial charge in [-0.3, -0.25) is 9.59 Å². The topological polar surface area (TPSA) is 100 Å². The molecule has 2 N–H and O–H groups in total. The van der Waals surface area contributed by atoms with Crippen LogP contribution in [0.2, 0.25) is 0 Å². The van der Waals surface area contributed by atoms with Crippen molar-refractivity contribution in [2.45, 2.75) is 46.3 Å². The lowest BCUT2D eigenvalue weighted by Gasteiger charge is -2.36. The van der Waals surface area contributed by atoms with Gasteiger partial charge in [0.05, 0.1) is 17.7 Å². The zero-order valence-electron chi connectivity index (χ0n) is 19.9. The number of fused-ring (bicyclic) bond motifs is 1. The molecule has 1 aliphatic rings. The van der Waals surface area contributed by atoms with Crippen molar-refractivity contribution in [3.8, 4) is 5.75 Å². The summed E-state index contributed by atoms with van der Waals surface area (Å²) in [6, 6.07) is 4.55. The van der Waals surface area contributed by atoms with E-state index < -0.39 is 0 Å². The Hall–Kier alpha value is -2.81. The van der Waals surface area contributed by atoms with E-state index in [1.54, 1.807) is 42.2 Å². The number of carbonyl (C=O) groups excluding carboxylic acids is 3. The van der Waals surface area contributed by atoms with Crippen LogP contribution in [0, 0.1) is 5.92 Å². The minimum Gasteiger partial charge on any atom is -0.491 e. The van der Waals surface area contributed by atoms with E-state index in [0.29, 0.717) is 36.6 Å². The first kappa shape index (κ1) is 25.5. The monoisotopic (exact) mass is 448 g/mol. The van der Waals surface area contributed by atoms with Gasteiger partial charge < -0.3 is 29.9 Å². The van der Waals surface area contributed by atoms with Crippen LogP contribution in [0.4, 0.5) is 10.5 Å². The number of benzene rings is 1. The average Bonchev–Trinajstić information content (AvgIpc) is 2.75. The molecule has 32 heavy (non-hydrogen) atoms. The fraction of sp³-hybridized carbons (Fsp3) is 0.609. The molecule has 0 aliphatic carbocycles. The summed E-state index contributed by atoms with van der Waals surface area (Å²) in [5, 5.41) is 5.65. The van der Waals surface area contributed by atoms with Crippen LogP contribution in [0.1, 0.15) is 44.5 Å². The number of carbonyl (C=O) groups is 3. The first-order chi connectivity index (χ1) is 15.2. The van der Waals surface area contributed by atoms with Crippen LogP contribution in [0.3, 0.4) is 0 Å². The maximum Gasteiger partial charge on any atom is 0.317 e. The van der Waals surface area contributed by atoms with Gasteiger partial charge in [0.15, 0.2) is 0 Å². The van der Waals surface area contributed by atoms with Crippen molar-refractivity contribution in [2.75, 3.05) is 45.7 Å². The Morgan fingerprint density at radius 1 is 1.25 bits per heavy atom. The zero-order chi connectivity index (χ0) is 23.8. The van der Waals surface area contributed by atoms with E-state index in [2.05, 4.69) is 10.6 Å². The number of anilines is 1. The third-order valence-corrected chi connectivity index (χ3v) is 5.55. The molecule has 3 atom stereocenters. The fourth-order valence-electron chi connectivity index (χ4n) is 3.67. The summed E-state index contributed by atoms with van der Waals surface area (Å²) in [5.41, 5.74) is 0.922. The number of nitrogens with one attached hydrogen (secondary N) is 2. The Morgan fingerprint density at radius 3 is 2.59 bits per heavy atom. The van der Waals surface area contributed by atoms with Crippen molar-refractivity contribution in [1.82, 2.24) is 15.1 Å². The lowest BCUT2D eigenvalue weighted by atomic mass is 10.0. The van der Waals surface area contributed by atoms with E-state index in [4.69, 9.17) is 9.47 Å². The van der Waals surface area contributed by atoms with Gasteiger partial charge in [-0.1, -0.05) is 13.8 Å². The molecular formula is C23H36N4O5. The molecule has 4 amide bonds. The third kappa shape index (κ3) is 6.59. The molecule has 0 aromatic heterocycles. The Morgan fingerprint density at radius 2 is 1.97 bits per heavy atom. The summed E-state index contributed by atoms with van der Waals surface area (Å²) in [7, 11) is 3.33. The molecular weight excluding hydrogens is 412 g/mol. The molecule has 1 aliphatic heterocycles. The summed E-state index contributed by atoms with van der Waals surface area (Å²) in [4.78, 5) is 40.8. The Balaban J connectivity index is 2.42. The maximum atomic E-state index is 13.2. The highest BCUT2D eigenvalue weighted by atomic mass is 16.5. The lowest BCUT2D eigenvalue weighted by molar-refractivity contribution is -0.114. The number of likely N-dealkylation sites (N-methyl/N-ethyl adjacent to an activating group) is 1. The highest BCUT2D eigenvalue weighted by molar-refractivity contribution is 5.98. The minimum atomic E-state index is -0.253. The summed E-state index contributed by atoms with van der Waals surface area (Å²) < 4.78 is 11.7. The molecule has 9 nitrogen and oxygen atoms in total. The SMILES string of the molecule is CCCNC(=O)N1C[C@@H](C)[C@H](OC)CN(C)C(=O)c2ccc(NC(C)=O)cc2OC[C@H]1C. The number of rotatable bonds is 4. The summed E-state index contributed by atoms with van der Waals surface area (Å²) >= 11 is 0. The van der Waals surface area contributed by atoms with Crippen LogP contribution in [0.25, 0.3) is 0 Å². The van der Waals surface area contributed by atoms with Gasteiger partial charge in [0, 0.05) is 58.4 Å². The van der Waals surface area contributed by atoms with Gasteiger partial charge in [0.25, 0.3) is 5.91 Å². The van der Waals surface area contributed by atoms with Crippen LogP contribution in [-0.2, 0) is 9.53 Å². The van der Waals surface area contributed by atoms with Crippen LogP contribution in [-0.4, -0.2) is 80.2 Å². The molecule has 178 valence electrons. The average molecular weight is 449 g/mol. The summed E-state index contributed by atoms with van der Waals surface area (Å²) in [6.45, 7) is 8.95. The molecule has 1 aromatic rings. The van der Waals surface area contributed by atoms with Crippen LogP contribution in [0.15, 0.2) is 18.2 Å². The fourth-order valence-corrected chi connectivity index (χ4v) is 3.67. The Kier molecular flexibility index (Phi) is 9.31. The molecule has 0 spiro atoms. The van der Waals surface area contributed by atoms with Crippen molar-refractivity contribution < 1.29 is 23.9 Å². The number of methoxy groups -OCH3 is 1. The second-order valence-corrected chi connectivity index (χ2v) is 8.37. The smallest absolute Gasteiger partial charge is 0.317 e. The van der Waals surface area contributed by atoms with E-state index in [0.717, 1.165) is 6.42 Å². The molecule has 0 saturated carbocycles. The van der Waals surface area contributed by atoms with E-state index in [9.17, 15) is 14.4 Å². The summed E-state index contributed by atoms with van der Waals surface area (Å²) in [5.74, 6) is -0.0671. The molecule has 2 rings (SSSR count). The molecule has 9 heteroatoms. The third-order valence-electron chi connectivity index (χ3n) is 5.55.